The van der Waals surface area contributed by atoms with E-state index in [0.717, 1.165) is 11.3 Å². The summed E-state index contributed by atoms with van der Waals surface area (Å²) in [7, 11) is 1.51. The molecule has 1 aromatic heterocycles. The zero-order valence-electron chi connectivity index (χ0n) is 16.3. The maximum atomic E-state index is 13.0. The maximum Gasteiger partial charge on any atom is 0.336 e. The number of urea groups is 1. The second-order valence-corrected chi connectivity index (χ2v) is 6.38. The number of aromatic nitrogens is 1. The Balaban J connectivity index is 2.06. The van der Waals surface area contributed by atoms with Crippen LogP contribution in [0.1, 0.15) is 25.8 Å². The number of nitrogens with zero attached hydrogens (tertiary/aromatic N) is 2. The van der Waals surface area contributed by atoms with Gasteiger partial charge >= 0.3 is 6.03 Å². The molecule has 0 saturated carbocycles. The SMILES string of the molecule is CC[C@@H](C)Oc1c(/C=C2\C(=O)NC(=O)N(c3cccnc3)C2=O)cccc1OC. The summed E-state index contributed by atoms with van der Waals surface area (Å²) in [6.45, 7) is 3.89. The topological polar surface area (TPSA) is 97.8 Å². The number of amides is 4. The molecule has 8 nitrogen and oxygen atoms in total. The van der Waals surface area contributed by atoms with Crippen molar-refractivity contribution in [1.29, 1.82) is 0 Å². The molecule has 0 aliphatic carbocycles. The molecule has 0 spiro atoms. The van der Waals surface area contributed by atoms with Crippen LogP contribution in [0, 0.1) is 0 Å². The minimum atomic E-state index is -0.827. The van der Waals surface area contributed by atoms with Crippen LogP contribution < -0.4 is 19.7 Å². The number of rotatable bonds is 6. The van der Waals surface area contributed by atoms with Crippen LogP contribution in [0.5, 0.6) is 11.5 Å². The molecule has 3 rings (SSSR count). The van der Waals surface area contributed by atoms with Gasteiger partial charge < -0.3 is 9.47 Å². The van der Waals surface area contributed by atoms with E-state index in [9.17, 15) is 14.4 Å². The summed E-state index contributed by atoms with van der Waals surface area (Å²) < 4.78 is 11.3. The molecule has 29 heavy (non-hydrogen) atoms. The number of anilines is 1. The Hall–Kier alpha value is -3.68. The van der Waals surface area contributed by atoms with E-state index in [4.69, 9.17) is 9.47 Å². The Kier molecular flexibility index (Phi) is 5.92. The third-order valence-corrected chi connectivity index (χ3v) is 4.43. The molecule has 1 aliphatic heterocycles. The van der Waals surface area contributed by atoms with Gasteiger partial charge in [-0.05, 0) is 37.6 Å². The van der Waals surface area contributed by atoms with E-state index >= 15 is 0 Å². The maximum absolute atomic E-state index is 13.0. The van der Waals surface area contributed by atoms with Gasteiger partial charge in [0.25, 0.3) is 11.8 Å². The predicted molar refractivity (Wildman–Crippen MR) is 107 cm³/mol. The Labute approximate surface area is 168 Å². The van der Waals surface area contributed by atoms with Gasteiger partial charge in [0.15, 0.2) is 11.5 Å². The molecule has 1 saturated heterocycles. The molecular weight excluding hydrogens is 374 g/mol. The molecule has 150 valence electrons. The lowest BCUT2D eigenvalue weighted by Crippen LogP contribution is -2.54. The molecule has 2 aromatic rings. The van der Waals surface area contributed by atoms with Crippen LogP contribution >= 0.6 is 0 Å². The number of methoxy groups -OCH3 is 1. The highest BCUT2D eigenvalue weighted by Gasteiger charge is 2.37. The largest absolute Gasteiger partial charge is 0.493 e. The third-order valence-electron chi connectivity index (χ3n) is 4.43. The standard InChI is InChI=1S/C21H21N3O5/c1-4-13(2)29-18-14(7-5-9-17(18)28-3)11-16-19(25)23-21(27)24(20(16)26)15-8-6-10-22-12-15/h5-13H,4H2,1-3H3,(H,23,25,27)/b16-11+/t13-/m1/s1. The lowest BCUT2D eigenvalue weighted by molar-refractivity contribution is -0.122. The zero-order chi connectivity index (χ0) is 21.0. The van der Waals surface area contributed by atoms with Crippen LogP contribution in [0.2, 0.25) is 0 Å². The third kappa shape index (κ3) is 4.11. The number of barbiturate groups is 1. The number of ether oxygens (including phenoxy) is 2. The van der Waals surface area contributed by atoms with Crippen molar-refractivity contribution in [2.75, 3.05) is 12.0 Å². The van der Waals surface area contributed by atoms with Crippen molar-refractivity contribution in [2.45, 2.75) is 26.4 Å². The van der Waals surface area contributed by atoms with E-state index < -0.39 is 17.8 Å². The van der Waals surface area contributed by atoms with Gasteiger partial charge in [-0.2, -0.15) is 0 Å². The van der Waals surface area contributed by atoms with Gasteiger partial charge in [-0.1, -0.05) is 19.1 Å². The number of para-hydroxylation sites is 1. The first-order chi connectivity index (χ1) is 14.0. The quantitative estimate of drug-likeness (QED) is 0.597. The molecule has 1 N–H and O–H groups in total. The highest BCUT2D eigenvalue weighted by Crippen LogP contribution is 2.34. The molecule has 0 radical (unpaired) electrons. The summed E-state index contributed by atoms with van der Waals surface area (Å²) in [5.74, 6) is -0.632. The van der Waals surface area contributed by atoms with Crippen LogP contribution in [0.25, 0.3) is 6.08 Å². The molecule has 8 heteroatoms. The average Bonchev–Trinajstić information content (AvgIpc) is 2.72. The number of imide groups is 2. The van der Waals surface area contributed by atoms with Gasteiger partial charge in [0, 0.05) is 11.8 Å². The number of hydrogen-bond acceptors (Lipinski definition) is 6. The summed E-state index contributed by atoms with van der Waals surface area (Å²) in [5, 5.41) is 2.19. The Morgan fingerprint density at radius 2 is 2.00 bits per heavy atom. The van der Waals surface area contributed by atoms with E-state index in [1.807, 2.05) is 13.8 Å². The summed E-state index contributed by atoms with van der Waals surface area (Å²) in [6, 6.07) is 7.49. The first kappa shape index (κ1) is 20.1. The van der Waals surface area contributed by atoms with Crippen LogP contribution in [0.4, 0.5) is 10.5 Å². The monoisotopic (exact) mass is 395 g/mol. The average molecular weight is 395 g/mol. The lowest BCUT2D eigenvalue weighted by Gasteiger charge is -2.26. The Bertz CT molecular complexity index is 972. The van der Waals surface area contributed by atoms with Crippen molar-refractivity contribution >= 4 is 29.6 Å². The highest BCUT2D eigenvalue weighted by molar-refractivity contribution is 6.39. The second kappa shape index (κ2) is 8.55. The normalized spacial score (nSPS) is 16.6. The highest BCUT2D eigenvalue weighted by atomic mass is 16.5. The van der Waals surface area contributed by atoms with Crippen molar-refractivity contribution in [3.05, 3.63) is 53.9 Å². The Morgan fingerprint density at radius 3 is 2.66 bits per heavy atom. The van der Waals surface area contributed by atoms with Crippen molar-refractivity contribution in [3.63, 3.8) is 0 Å². The molecule has 1 aromatic carbocycles. The number of nitrogens with one attached hydrogen (secondary N) is 1. The number of hydrogen-bond donors (Lipinski definition) is 1. The van der Waals surface area contributed by atoms with E-state index in [1.54, 1.807) is 30.3 Å². The van der Waals surface area contributed by atoms with Crippen LogP contribution in [0.15, 0.2) is 48.3 Å². The van der Waals surface area contributed by atoms with Gasteiger partial charge in [-0.3, -0.25) is 19.9 Å². The minimum absolute atomic E-state index is 0.104. The van der Waals surface area contributed by atoms with Gasteiger partial charge in [-0.25, -0.2) is 9.69 Å². The van der Waals surface area contributed by atoms with Crippen molar-refractivity contribution in [2.24, 2.45) is 0 Å². The molecule has 1 aliphatic rings. The smallest absolute Gasteiger partial charge is 0.336 e. The summed E-state index contributed by atoms with van der Waals surface area (Å²) >= 11 is 0. The molecule has 0 unspecified atom stereocenters. The molecular formula is C21H21N3O5. The van der Waals surface area contributed by atoms with Gasteiger partial charge in [-0.15, -0.1) is 0 Å². The summed E-state index contributed by atoms with van der Waals surface area (Å²) in [6.07, 6.45) is 4.94. The predicted octanol–water partition coefficient (Wildman–Crippen LogP) is 2.93. The van der Waals surface area contributed by atoms with E-state index in [1.165, 1.54) is 25.6 Å². The fourth-order valence-corrected chi connectivity index (χ4v) is 2.75. The van der Waals surface area contributed by atoms with Crippen LogP contribution in [0.3, 0.4) is 0 Å². The molecule has 2 heterocycles. The van der Waals surface area contributed by atoms with Crippen LogP contribution in [-0.4, -0.2) is 36.0 Å². The summed E-state index contributed by atoms with van der Waals surface area (Å²) in [5.41, 5.74) is 0.550. The fourth-order valence-electron chi connectivity index (χ4n) is 2.75. The number of benzene rings is 1. The van der Waals surface area contributed by atoms with Crippen molar-refractivity contribution in [1.82, 2.24) is 10.3 Å². The first-order valence-corrected chi connectivity index (χ1v) is 9.11. The minimum Gasteiger partial charge on any atom is -0.493 e. The van der Waals surface area contributed by atoms with Gasteiger partial charge in [0.1, 0.15) is 5.57 Å². The molecule has 0 bridgehead atoms. The number of carbonyl (C=O) groups is 3. The van der Waals surface area contributed by atoms with Gasteiger partial charge in [0.2, 0.25) is 0 Å². The first-order valence-electron chi connectivity index (χ1n) is 9.11. The van der Waals surface area contributed by atoms with E-state index in [-0.39, 0.29) is 17.4 Å². The van der Waals surface area contributed by atoms with Crippen molar-refractivity contribution in [3.8, 4) is 11.5 Å². The second-order valence-electron chi connectivity index (χ2n) is 6.38. The van der Waals surface area contributed by atoms with E-state index in [0.29, 0.717) is 17.1 Å². The molecule has 4 amide bonds. The van der Waals surface area contributed by atoms with Gasteiger partial charge in [0.05, 0.1) is 25.1 Å². The fraction of sp³-hybridized carbons (Fsp3) is 0.238. The lowest BCUT2D eigenvalue weighted by atomic mass is 10.1. The van der Waals surface area contributed by atoms with Crippen molar-refractivity contribution < 1.29 is 23.9 Å². The number of pyridine rings is 1. The zero-order valence-corrected chi connectivity index (χ0v) is 16.3. The number of carbonyl (C=O) groups excluding carboxylic acids is 3. The Morgan fingerprint density at radius 1 is 1.21 bits per heavy atom. The molecule has 1 fully saturated rings. The van der Waals surface area contributed by atoms with Crippen LogP contribution in [-0.2, 0) is 9.59 Å². The summed E-state index contributed by atoms with van der Waals surface area (Å²) in [4.78, 5) is 42.4. The van der Waals surface area contributed by atoms with E-state index in [2.05, 4.69) is 10.3 Å². The molecule has 1 atom stereocenters.